The van der Waals surface area contributed by atoms with Crippen LogP contribution in [0.5, 0.6) is 0 Å². The number of amides is 1. The number of likely N-dealkylation sites (N-methyl/N-ethyl adjacent to an activating group) is 1. The summed E-state index contributed by atoms with van der Waals surface area (Å²) in [5, 5.41) is 0. The smallest absolute Gasteiger partial charge is 0.416 e. The van der Waals surface area contributed by atoms with Crippen molar-refractivity contribution in [2.45, 2.75) is 19.6 Å². The Morgan fingerprint density at radius 3 is 2.46 bits per heavy atom. The van der Waals surface area contributed by atoms with Crippen molar-refractivity contribution in [3.8, 4) is 0 Å². The van der Waals surface area contributed by atoms with Crippen molar-refractivity contribution >= 4 is 11.6 Å². The second-order valence-electron chi connectivity index (χ2n) is 7.07. The Balaban J connectivity index is 1.50. The van der Waals surface area contributed by atoms with Crippen molar-refractivity contribution < 1.29 is 22.4 Å². The van der Waals surface area contributed by atoms with Gasteiger partial charge in [0.15, 0.2) is 0 Å². The minimum Gasteiger partial charge on any atom is -0.464 e. The predicted molar refractivity (Wildman–Crippen MR) is 100 cm³/mol. The van der Waals surface area contributed by atoms with E-state index in [4.69, 9.17) is 4.42 Å². The molecule has 0 aliphatic carbocycles. The Labute approximate surface area is 162 Å². The molecular weight excluding hydrogens is 371 g/mol. The van der Waals surface area contributed by atoms with Gasteiger partial charge < -0.3 is 14.2 Å². The van der Waals surface area contributed by atoms with Gasteiger partial charge in [0.05, 0.1) is 18.7 Å². The summed E-state index contributed by atoms with van der Waals surface area (Å²) in [6, 6.07) is 9.09. The fraction of sp³-hybridized carbons (Fsp3) is 0.450. The van der Waals surface area contributed by atoms with Crippen LogP contribution in [-0.2, 0) is 17.5 Å². The number of benzene rings is 1. The van der Waals surface area contributed by atoms with E-state index in [-0.39, 0.29) is 12.5 Å². The van der Waals surface area contributed by atoms with E-state index in [0.717, 1.165) is 17.6 Å². The van der Waals surface area contributed by atoms with Crippen LogP contribution in [0.3, 0.4) is 0 Å². The molecule has 1 saturated heterocycles. The van der Waals surface area contributed by atoms with Crippen LogP contribution in [0.15, 0.2) is 40.8 Å². The zero-order chi connectivity index (χ0) is 20.3. The summed E-state index contributed by atoms with van der Waals surface area (Å²) < 4.78 is 44.2. The van der Waals surface area contributed by atoms with Gasteiger partial charge in [-0.1, -0.05) is 6.07 Å². The molecule has 1 fully saturated rings. The first kappa shape index (κ1) is 20.3. The first-order chi connectivity index (χ1) is 13.2. The highest BCUT2D eigenvalue weighted by atomic mass is 19.4. The second-order valence-corrected chi connectivity index (χ2v) is 7.07. The lowest BCUT2D eigenvalue weighted by Crippen LogP contribution is -2.49. The SMILES string of the molecule is Cc1ccc(CN(C)C(=O)CN2CCN(c3cccc(C(F)(F)F)c3)CC2)o1. The topological polar surface area (TPSA) is 39.9 Å². The van der Waals surface area contributed by atoms with Gasteiger partial charge in [-0.2, -0.15) is 13.2 Å². The number of carbonyl (C=O) groups excluding carboxylic acids is 1. The molecule has 28 heavy (non-hydrogen) atoms. The Bertz CT molecular complexity index is 811. The summed E-state index contributed by atoms with van der Waals surface area (Å²) in [5.41, 5.74) is -0.0801. The number of furan rings is 1. The van der Waals surface area contributed by atoms with Gasteiger partial charge in [0.2, 0.25) is 5.91 Å². The van der Waals surface area contributed by atoms with Crippen molar-refractivity contribution in [3.05, 3.63) is 53.5 Å². The normalized spacial score (nSPS) is 15.7. The number of hydrogen-bond acceptors (Lipinski definition) is 4. The summed E-state index contributed by atoms with van der Waals surface area (Å²) in [5.74, 6) is 1.53. The maximum absolute atomic E-state index is 12.9. The van der Waals surface area contributed by atoms with Gasteiger partial charge >= 0.3 is 6.18 Å². The third-order valence-electron chi connectivity index (χ3n) is 4.88. The summed E-state index contributed by atoms with van der Waals surface area (Å²) >= 11 is 0. The summed E-state index contributed by atoms with van der Waals surface area (Å²) in [6.45, 7) is 4.95. The summed E-state index contributed by atoms with van der Waals surface area (Å²) in [6.07, 6.45) is -4.35. The van der Waals surface area contributed by atoms with Gasteiger partial charge in [0.1, 0.15) is 11.5 Å². The quantitative estimate of drug-likeness (QED) is 0.778. The van der Waals surface area contributed by atoms with Gasteiger partial charge in [-0.05, 0) is 37.3 Å². The van der Waals surface area contributed by atoms with Crippen LogP contribution < -0.4 is 4.90 Å². The number of halogens is 3. The lowest BCUT2D eigenvalue weighted by atomic mass is 10.1. The van der Waals surface area contributed by atoms with E-state index >= 15 is 0 Å². The molecule has 2 heterocycles. The van der Waals surface area contributed by atoms with E-state index in [0.29, 0.717) is 38.4 Å². The molecule has 0 N–H and O–H groups in total. The maximum atomic E-state index is 12.9. The molecule has 1 aliphatic heterocycles. The molecule has 152 valence electrons. The molecule has 0 atom stereocenters. The molecule has 3 rings (SSSR count). The lowest BCUT2D eigenvalue weighted by Gasteiger charge is -2.36. The zero-order valence-corrected chi connectivity index (χ0v) is 16.0. The largest absolute Gasteiger partial charge is 0.464 e. The van der Waals surface area contributed by atoms with E-state index in [9.17, 15) is 18.0 Å². The second kappa shape index (κ2) is 8.26. The third kappa shape index (κ3) is 5.07. The first-order valence-corrected chi connectivity index (χ1v) is 9.16. The predicted octanol–water partition coefficient (Wildman–Crippen LogP) is 3.39. The van der Waals surface area contributed by atoms with Gasteiger partial charge in [-0.25, -0.2) is 0 Å². The van der Waals surface area contributed by atoms with Crippen LogP contribution in [0.2, 0.25) is 0 Å². The van der Waals surface area contributed by atoms with Crippen LogP contribution in [0, 0.1) is 6.92 Å². The molecular formula is C20H24F3N3O2. The van der Waals surface area contributed by atoms with Crippen molar-refractivity contribution in [2.24, 2.45) is 0 Å². The van der Waals surface area contributed by atoms with Crippen molar-refractivity contribution in [1.82, 2.24) is 9.80 Å². The van der Waals surface area contributed by atoms with Gasteiger partial charge in [-0.3, -0.25) is 9.69 Å². The average Bonchev–Trinajstić information content (AvgIpc) is 3.06. The Hall–Kier alpha value is -2.48. The highest BCUT2D eigenvalue weighted by Gasteiger charge is 2.31. The number of piperazine rings is 1. The van der Waals surface area contributed by atoms with Crippen molar-refractivity contribution in [2.75, 3.05) is 44.7 Å². The number of carbonyl (C=O) groups is 1. The maximum Gasteiger partial charge on any atom is 0.416 e. The van der Waals surface area contributed by atoms with E-state index in [2.05, 4.69) is 0 Å². The standard InChI is InChI=1S/C20H24F3N3O2/c1-15-6-7-18(28-15)13-24(2)19(27)14-25-8-10-26(11-9-25)17-5-3-4-16(12-17)20(21,22)23/h3-7,12H,8-11,13-14H2,1-2H3. The van der Waals surface area contributed by atoms with Crippen LogP contribution >= 0.6 is 0 Å². The molecule has 0 radical (unpaired) electrons. The van der Waals surface area contributed by atoms with Gasteiger partial charge in [-0.15, -0.1) is 0 Å². The molecule has 0 spiro atoms. The van der Waals surface area contributed by atoms with Crippen LogP contribution in [0.25, 0.3) is 0 Å². The molecule has 5 nitrogen and oxygen atoms in total. The molecule has 1 aliphatic rings. The summed E-state index contributed by atoms with van der Waals surface area (Å²) in [4.78, 5) is 18.0. The number of alkyl halides is 3. The average molecular weight is 395 g/mol. The van der Waals surface area contributed by atoms with Crippen LogP contribution in [0.4, 0.5) is 18.9 Å². The molecule has 1 amide bonds. The molecule has 0 unspecified atom stereocenters. The van der Waals surface area contributed by atoms with Gasteiger partial charge in [0, 0.05) is 38.9 Å². The minimum atomic E-state index is -4.35. The van der Waals surface area contributed by atoms with Gasteiger partial charge in [0.25, 0.3) is 0 Å². The highest BCUT2D eigenvalue weighted by molar-refractivity contribution is 5.78. The Morgan fingerprint density at radius 2 is 1.86 bits per heavy atom. The molecule has 0 bridgehead atoms. The fourth-order valence-electron chi connectivity index (χ4n) is 3.25. The molecule has 1 aromatic carbocycles. The summed E-state index contributed by atoms with van der Waals surface area (Å²) in [7, 11) is 1.74. The monoisotopic (exact) mass is 395 g/mol. The number of hydrogen-bond donors (Lipinski definition) is 0. The van der Waals surface area contributed by atoms with Crippen molar-refractivity contribution in [3.63, 3.8) is 0 Å². The Morgan fingerprint density at radius 1 is 1.14 bits per heavy atom. The zero-order valence-electron chi connectivity index (χ0n) is 16.0. The third-order valence-corrected chi connectivity index (χ3v) is 4.88. The van der Waals surface area contributed by atoms with Crippen LogP contribution in [-0.4, -0.2) is 55.5 Å². The molecule has 8 heteroatoms. The number of aryl methyl sites for hydroxylation is 1. The number of rotatable bonds is 5. The highest BCUT2D eigenvalue weighted by Crippen LogP contribution is 2.31. The number of anilines is 1. The molecule has 2 aromatic rings. The minimum absolute atomic E-state index is 0.0124. The van der Waals surface area contributed by atoms with E-state index in [1.165, 1.54) is 12.1 Å². The molecule has 1 aromatic heterocycles. The fourth-order valence-corrected chi connectivity index (χ4v) is 3.25. The van der Waals surface area contributed by atoms with E-state index in [1.807, 2.05) is 28.9 Å². The molecule has 0 saturated carbocycles. The van der Waals surface area contributed by atoms with E-state index in [1.54, 1.807) is 18.0 Å². The first-order valence-electron chi connectivity index (χ1n) is 9.16. The Kier molecular flexibility index (Phi) is 5.98. The lowest BCUT2D eigenvalue weighted by molar-refractivity contribution is -0.137. The number of nitrogens with zero attached hydrogens (tertiary/aromatic N) is 3. The van der Waals surface area contributed by atoms with Crippen LogP contribution in [0.1, 0.15) is 17.1 Å². The van der Waals surface area contributed by atoms with E-state index < -0.39 is 11.7 Å². The van der Waals surface area contributed by atoms with Crippen molar-refractivity contribution in [1.29, 1.82) is 0 Å².